The molecule has 2 aromatic carbocycles. The molecule has 0 spiro atoms. The lowest BCUT2D eigenvalue weighted by Gasteiger charge is -2.10. The van der Waals surface area contributed by atoms with Crippen LogP contribution in [0.2, 0.25) is 0 Å². The Balaban J connectivity index is 1.78. The van der Waals surface area contributed by atoms with Gasteiger partial charge in [0.2, 0.25) is 0 Å². The summed E-state index contributed by atoms with van der Waals surface area (Å²) in [5.74, 6) is -1.13. The van der Waals surface area contributed by atoms with Crippen LogP contribution in [0.15, 0.2) is 60.2 Å². The van der Waals surface area contributed by atoms with Gasteiger partial charge in [0, 0.05) is 22.6 Å². The number of aromatic nitrogens is 1. The van der Waals surface area contributed by atoms with Gasteiger partial charge in [-0.3, -0.25) is 4.79 Å². The fraction of sp³-hybridized carbons (Fsp3) is 0.160. The number of aryl methyl sites for hydroxylation is 1. The largest absolute Gasteiger partial charge is 0.497 e. The van der Waals surface area contributed by atoms with Gasteiger partial charge >= 0.3 is 5.97 Å². The highest BCUT2D eigenvalue weighted by Crippen LogP contribution is 2.24. The molecule has 0 atom stereocenters. The Labute approximate surface area is 185 Å². The number of nitriles is 1. The van der Waals surface area contributed by atoms with Crippen molar-refractivity contribution in [2.24, 2.45) is 0 Å². The molecule has 1 aromatic heterocycles. The Hall–Kier alpha value is -4.18. The number of benzene rings is 2. The van der Waals surface area contributed by atoms with Gasteiger partial charge in [0.1, 0.15) is 23.2 Å². The number of Topliss-reactive ketones (excluding diaryl/α,β-unsaturated/α-hetero) is 1. The quantitative estimate of drug-likeness (QED) is 0.236. The number of rotatable bonds is 7. The zero-order valence-electron chi connectivity index (χ0n) is 17.9. The molecule has 3 rings (SSSR count). The predicted octanol–water partition coefficient (Wildman–Crippen LogP) is 4.57. The second-order valence-corrected chi connectivity index (χ2v) is 7.04. The lowest BCUT2D eigenvalue weighted by atomic mass is 10.1. The van der Waals surface area contributed by atoms with Gasteiger partial charge in [-0.15, -0.1) is 0 Å². The van der Waals surface area contributed by atoms with Gasteiger partial charge in [0.05, 0.1) is 7.11 Å². The number of ketones is 1. The summed E-state index contributed by atoms with van der Waals surface area (Å²) in [5.41, 5.74) is 3.31. The van der Waals surface area contributed by atoms with E-state index in [4.69, 9.17) is 9.47 Å². The van der Waals surface area contributed by atoms with Crippen LogP contribution in [0.1, 0.15) is 27.3 Å². The van der Waals surface area contributed by atoms with Crippen LogP contribution in [0.5, 0.6) is 5.75 Å². The predicted molar refractivity (Wildman–Crippen MR) is 117 cm³/mol. The van der Waals surface area contributed by atoms with Crippen LogP contribution in [0.3, 0.4) is 0 Å². The molecule has 162 valence electrons. The molecule has 0 N–H and O–H groups in total. The van der Waals surface area contributed by atoms with Gasteiger partial charge in [-0.05, 0) is 80.1 Å². The van der Waals surface area contributed by atoms with E-state index < -0.39 is 24.2 Å². The van der Waals surface area contributed by atoms with Gasteiger partial charge in [-0.1, -0.05) is 0 Å². The Kier molecular flexibility index (Phi) is 6.86. The molecule has 0 unspecified atom stereocenters. The molecule has 0 saturated heterocycles. The summed E-state index contributed by atoms with van der Waals surface area (Å²) in [5, 5.41) is 9.45. The lowest BCUT2D eigenvalue weighted by Crippen LogP contribution is -2.15. The van der Waals surface area contributed by atoms with Crippen LogP contribution in [-0.2, 0) is 9.53 Å². The smallest absolute Gasteiger partial charge is 0.349 e. The zero-order chi connectivity index (χ0) is 23.3. The van der Waals surface area contributed by atoms with Gasteiger partial charge in [0.15, 0.2) is 12.4 Å². The summed E-state index contributed by atoms with van der Waals surface area (Å²) >= 11 is 0. The second kappa shape index (κ2) is 9.75. The van der Waals surface area contributed by atoms with Crippen molar-refractivity contribution in [1.82, 2.24) is 4.57 Å². The third-order valence-electron chi connectivity index (χ3n) is 4.94. The van der Waals surface area contributed by atoms with Crippen molar-refractivity contribution in [3.63, 3.8) is 0 Å². The van der Waals surface area contributed by atoms with Crippen LogP contribution in [0.4, 0.5) is 4.39 Å². The first kappa shape index (κ1) is 22.5. The van der Waals surface area contributed by atoms with E-state index >= 15 is 0 Å². The first-order chi connectivity index (χ1) is 15.3. The van der Waals surface area contributed by atoms with E-state index in [2.05, 4.69) is 0 Å². The maximum Gasteiger partial charge on any atom is 0.349 e. The van der Waals surface area contributed by atoms with E-state index in [0.717, 1.165) is 35.0 Å². The minimum atomic E-state index is -0.905. The number of esters is 1. The average Bonchev–Trinajstić information content (AvgIpc) is 3.08. The highest BCUT2D eigenvalue weighted by Gasteiger charge is 2.17. The van der Waals surface area contributed by atoms with Crippen LogP contribution in [-0.4, -0.2) is 30.0 Å². The normalized spacial score (nSPS) is 11.0. The van der Waals surface area contributed by atoms with Gasteiger partial charge < -0.3 is 14.0 Å². The molecule has 0 radical (unpaired) electrons. The SMILES string of the molecule is COc1ccc(-n2c(C)cc(/C=C(\C#N)C(=O)OCC(=O)c3ccc(F)cc3)c2C)cc1. The number of methoxy groups -OCH3 is 1. The first-order valence-electron chi connectivity index (χ1n) is 9.75. The molecule has 32 heavy (non-hydrogen) atoms. The van der Waals surface area contributed by atoms with E-state index in [-0.39, 0.29) is 11.1 Å². The average molecular weight is 432 g/mol. The molecule has 0 fully saturated rings. The standard InChI is InChI=1S/C25H21FN2O4/c1-16-12-19(17(2)28(16)22-8-10-23(31-3)11-9-22)13-20(14-27)25(30)32-15-24(29)18-4-6-21(26)7-5-18/h4-13H,15H2,1-3H3/b20-13+. The minimum Gasteiger partial charge on any atom is -0.497 e. The summed E-state index contributed by atoms with van der Waals surface area (Å²) in [4.78, 5) is 24.5. The fourth-order valence-corrected chi connectivity index (χ4v) is 3.28. The third kappa shape index (κ3) is 4.93. The summed E-state index contributed by atoms with van der Waals surface area (Å²) in [6, 6.07) is 16.1. The van der Waals surface area contributed by atoms with E-state index in [1.54, 1.807) is 7.11 Å². The fourth-order valence-electron chi connectivity index (χ4n) is 3.28. The number of carbonyl (C=O) groups is 2. The number of nitrogens with zero attached hydrogens (tertiary/aromatic N) is 2. The topological polar surface area (TPSA) is 81.3 Å². The molecular formula is C25H21FN2O4. The minimum absolute atomic E-state index is 0.213. The van der Waals surface area contributed by atoms with Crippen LogP contribution in [0.25, 0.3) is 11.8 Å². The Morgan fingerprint density at radius 3 is 2.34 bits per heavy atom. The monoisotopic (exact) mass is 432 g/mol. The van der Waals surface area contributed by atoms with Crippen molar-refractivity contribution in [3.8, 4) is 17.5 Å². The molecule has 0 amide bonds. The lowest BCUT2D eigenvalue weighted by molar-refractivity contribution is -0.137. The zero-order valence-corrected chi connectivity index (χ0v) is 17.9. The van der Waals surface area contributed by atoms with Crippen molar-refractivity contribution >= 4 is 17.8 Å². The van der Waals surface area contributed by atoms with E-state index in [1.165, 1.54) is 18.2 Å². The summed E-state index contributed by atoms with van der Waals surface area (Å²) in [7, 11) is 1.60. The Bertz CT molecular complexity index is 1220. The maximum atomic E-state index is 13.0. The molecule has 0 bridgehead atoms. The molecule has 0 saturated carbocycles. The highest BCUT2D eigenvalue weighted by molar-refractivity contribution is 6.02. The van der Waals surface area contributed by atoms with Gasteiger partial charge in [-0.2, -0.15) is 5.26 Å². The molecule has 3 aromatic rings. The van der Waals surface area contributed by atoms with E-state index in [0.29, 0.717) is 5.56 Å². The number of hydrogen-bond acceptors (Lipinski definition) is 5. The molecular weight excluding hydrogens is 411 g/mol. The van der Waals surface area contributed by atoms with Crippen molar-refractivity contribution in [3.05, 3.63) is 88.5 Å². The van der Waals surface area contributed by atoms with E-state index in [1.807, 2.05) is 54.8 Å². The summed E-state index contributed by atoms with van der Waals surface area (Å²) in [6.07, 6.45) is 1.44. The molecule has 6 nitrogen and oxygen atoms in total. The highest BCUT2D eigenvalue weighted by atomic mass is 19.1. The first-order valence-corrected chi connectivity index (χ1v) is 9.75. The van der Waals surface area contributed by atoms with Gasteiger partial charge in [0.25, 0.3) is 0 Å². The van der Waals surface area contributed by atoms with Crippen molar-refractivity contribution in [1.29, 1.82) is 5.26 Å². The summed E-state index contributed by atoms with van der Waals surface area (Å²) < 4.78 is 25.2. The van der Waals surface area contributed by atoms with Crippen LogP contribution in [0, 0.1) is 31.0 Å². The molecule has 0 aliphatic carbocycles. The van der Waals surface area contributed by atoms with Crippen molar-refractivity contribution < 1.29 is 23.5 Å². The second-order valence-electron chi connectivity index (χ2n) is 7.04. The van der Waals surface area contributed by atoms with Crippen LogP contribution < -0.4 is 4.74 Å². The van der Waals surface area contributed by atoms with Crippen LogP contribution >= 0.6 is 0 Å². The molecule has 0 aliphatic heterocycles. The Morgan fingerprint density at radius 2 is 1.75 bits per heavy atom. The van der Waals surface area contributed by atoms with Crippen molar-refractivity contribution in [2.75, 3.05) is 13.7 Å². The summed E-state index contributed by atoms with van der Waals surface area (Å²) in [6.45, 7) is 3.25. The number of hydrogen-bond donors (Lipinski definition) is 0. The number of halogens is 1. The van der Waals surface area contributed by atoms with Gasteiger partial charge in [-0.25, -0.2) is 9.18 Å². The Morgan fingerprint density at radius 1 is 1.09 bits per heavy atom. The third-order valence-corrected chi connectivity index (χ3v) is 4.94. The number of carbonyl (C=O) groups excluding carboxylic acids is 2. The molecule has 7 heteroatoms. The molecule has 0 aliphatic rings. The maximum absolute atomic E-state index is 13.0. The van der Waals surface area contributed by atoms with Crippen molar-refractivity contribution in [2.45, 2.75) is 13.8 Å². The van der Waals surface area contributed by atoms with E-state index in [9.17, 15) is 19.2 Å². The number of ether oxygens (including phenoxy) is 2. The molecule has 1 heterocycles.